The number of aromatic nitrogens is 2. The van der Waals surface area contributed by atoms with Crippen LogP contribution in [-0.2, 0) is 4.79 Å². The minimum absolute atomic E-state index is 0.255. The highest BCUT2D eigenvalue weighted by Crippen LogP contribution is 2.20. The summed E-state index contributed by atoms with van der Waals surface area (Å²) in [5, 5.41) is 10.2. The molecule has 0 aliphatic carbocycles. The summed E-state index contributed by atoms with van der Waals surface area (Å²) in [7, 11) is 0. The Bertz CT molecular complexity index is 746. The predicted octanol–water partition coefficient (Wildman–Crippen LogP) is 2.98. The number of carbonyl (C=O) groups excluding carboxylic acids is 1. The maximum atomic E-state index is 11.8. The van der Waals surface area contributed by atoms with E-state index in [0.29, 0.717) is 17.3 Å². The Balaban J connectivity index is 1.70. The average molecular weight is 281 g/mol. The molecule has 0 saturated heterocycles. The van der Waals surface area contributed by atoms with Crippen molar-refractivity contribution in [2.24, 2.45) is 0 Å². The van der Waals surface area contributed by atoms with Crippen molar-refractivity contribution in [1.82, 2.24) is 10.2 Å². The summed E-state index contributed by atoms with van der Waals surface area (Å²) in [6.45, 7) is 0. The van der Waals surface area contributed by atoms with Crippen LogP contribution in [0.15, 0.2) is 64.0 Å². The molecule has 2 heterocycles. The zero-order valence-electron chi connectivity index (χ0n) is 10.9. The van der Waals surface area contributed by atoms with Gasteiger partial charge in [-0.3, -0.25) is 4.79 Å². The first kappa shape index (κ1) is 12.9. The van der Waals surface area contributed by atoms with Gasteiger partial charge in [0.25, 0.3) is 0 Å². The summed E-state index contributed by atoms with van der Waals surface area (Å²) in [6, 6.07) is 10.7. The van der Waals surface area contributed by atoms with Crippen molar-refractivity contribution in [3.63, 3.8) is 0 Å². The number of anilines is 1. The van der Waals surface area contributed by atoms with E-state index < -0.39 is 0 Å². The van der Waals surface area contributed by atoms with Gasteiger partial charge in [-0.1, -0.05) is 6.07 Å². The van der Waals surface area contributed by atoms with Crippen molar-refractivity contribution < 1.29 is 13.6 Å². The molecule has 0 aliphatic heterocycles. The monoisotopic (exact) mass is 281 g/mol. The van der Waals surface area contributed by atoms with E-state index in [1.165, 1.54) is 12.5 Å². The van der Waals surface area contributed by atoms with Gasteiger partial charge < -0.3 is 14.2 Å². The van der Waals surface area contributed by atoms with Crippen LogP contribution in [0.5, 0.6) is 0 Å². The largest absolute Gasteiger partial charge is 0.465 e. The van der Waals surface area contributed by atoms with E-state index in [9.17, 15) is 4.79 Å². The number of furan rings is 1. The van der Waals surface area contributed by atoms with Crippen LogP contribution >= 0.6 is 0 Å². The molecular weight excluding hydrogens is 270 g/mol. The topological polar surface area (TPSA) is 81.2 Å². The molecule has 6 heteroatoms. The minimum Gasteiger partial charge on any atom is -0.465 e. The van der Waals surface area contributed by atoms with Crippen molar-refractivity contribution in [1.29, 1.82) is 0 Å². The molecule has 21 heavy (non-hydrogen) atoms. The van der Waals surface area contributed by atoms with E-state index in [1.54, 1.807) is 42.7 Å². The van der Waals surface area contributed by atoms with Gasteiger partial charge in [-0.15, -0.1) is 10.2 Å². The number of carbonyl (C=O) groups is 1. The molecule has 0 unspecified atom stereocenters. The fourth-order valence-corrected chi connectivity index (χ4v) is 1.76. The highest BCUT2D eigenvalue weighted by molar-refractivity contribution is 6.02. The first-order valence-electron chi connectivity index (χ1n) is 6.20. The molecular formula is C15H11N3O3. The molecule has 6 nitrogen and oxygen atoms in total. The Kier molecular flexibility index (Phi) is 3.60. The van der Waals surface area contributed by atoms with Gasteiger partial charge in [0.2, 0.25) is 18.2 Å². The zero-order chi connectivity index (χ0) is 14.5. The molecule has 0 saturated carbocycles. The Hall–Kier alpha value is -3.15. The summed E-state index contributed by atoms with van der Waals surface area (Å²) < 4.78 is 10.2. The summed E-state index contributed by atoms with van der Waals surface area (Å²) in [4.78, 5) is 11.8. The smallest absolute Gasteiger partial charge is 0.248 e. The molecule has 0 atom stereocenters. The summed E-state index contributed by atoms with van der Waals surface area (Å²) in [5.74, 6) is 0.760. The van der Waals surface area contributed by atoms with Crippen molar-refractivity contribution in [3.05, 3.63) is 60.9 Å². The predicted molar refractivity (Wildman–Crippen MR) is 76.1 cm³/mol. The Morgan fingerprint density at radius 2 is 2.14 bits per heavy atom. The van der Waals surface area contributed by atoms with E-state index in [1.807, 2.05) is 6.07 Å². The number of nitrogens with zero attached hydrogens (tertiary/aromatic N) is 2. The van der Waals surface area contributed by atoms with Crippen LogP contribution in [-0.4, -0.2) is 16.1 Å². The zero-order valence-corrected chi connectivity index (χ0v) is 10.9. The van der Waals surface area contributed by atoms with E-state index in [-0.39, 0.29) is 5.91 Å². The van der Waals surface area contributed by atoms with Crippen LogP contribution in [0.2, 0.25) is 0 Å². The number of nitrogens with one attached hydrogen (secondary N) is 1. The van der Waals surface area contributed by atoms with Gasteiger partial charge in [0, 0.05) is 17.3 Å². The van der Waals surface area contributed by atoms with Crippen LogP contribution in [0.25, 0.3) is 17.5 Å². The molecule has 3 aromatic rings. The van der Waals surface area contributed by atoms with Crippen molar-refractivity contribution >= 4 is 17.7 Å². The van der Waals surface area contributed by atoms with E-state index >= 15 is 0 Å². The van der Waals surface area contributed by atoms with Gasteiger partial charge in [0.05, 0.1) is 6.26 Å². The van der Waals surface area contributed by atoms with Crippen molar-refractivity contribution in [2.45, 2.75) is 0 Å². The van der Waals surface area contributed by atoms with Crippen LogP contribution in [0.1, 0.15) is 5.76 Å². The van der Waals surface area contributed by atoms with E-state index in [0.717, 1.165) is 5.56 Å². The maximum Gasteiger partial charge on any atom is 0.248 e. The number of benzene rings is 1. The van der Waals surface area contributed by atoms with Gasteiger partial charge in [-0.2, -0.15) is 0 Å². The maximum absolute atomic E-state index is 11.8. The summed E-state index contributed by atoms with van der Waals surface area (Å²) in [5.41, 5.74) is 1.38. The minimum atomic E-state index is -0.255. The SMILES string of the molecule is O=C(/C=C/c1ccco1)Nc1cccc(-c2nnco2)c1. The summed E-state index contributed by atoms with van der Waals surface area (Å²) >= 11 is 0. The molecule has 0 bridgehead atoms. The number of hydrogen-bond acceptors (Lipinski definition) is 5. The first-order chi connectivity index (χ1) is 10.3. The molecule has 1 aromatic carbocycles. The van der Waals surface area contributed by atoms with Gasteiger partial charge >= 0.3 is 0 Å². The molecule has 1 N–H and O–H groups in total. The van der Waals surface area contributed by atoms with Crippen LogP contribution in [0, 0.1) is 0 Å². The lowest BCUT2D eigenvalue weighted by Gasteiger charge is -2.03. The van der Waals surface area contributed by atoms with Gasteiger partial charge in [-0.25, -0.2) is 0 Å². The molecule has 0 radical (unpaired) electrons. The second kappa shape index (κ2) is 5.87. The second-order valence-electron chi connectivity index (χ2n) is 4.16. The normalized spacial score (nSPS) is 10.9. The quantitative estimate of drug-likeness (QED) is 0.743. The molecule has 3 rings (SSSR count). The third-order valence-electron chi connectivity index (χ3n) is 2.68. The Labute approximate surface area is 120 Å². The molecule has 0 aliphatic rings. The van der Waals surface area contributed by atoms with Crippen molar-refractivity contribution in [2.75, 3.05) is 5.32 Å². The molecule has 0 spiro atoms. The lowest BCUT2D eigenvalue weighted by Crippen LogP contribution is -2.07. The van der Waals surface area contributed by atoms with Crippen LogP contribution < -0.4 is 5.32 Å². The van der Waals surface area contributed by atoms with Gasteiger partial charge in [0.15, 0.2) is 0 Å². The van der Waals surface area contributed by atoms with Crippen molar-refractivity contribution in [3.8, 4) is 11.5 Å². The van der Waals surface area contributed by atoms with Crippen LogP contribution in [0.3, 0.4) is 0 Å². The Morgan fingerprint density at radius 3 is 2.90 bits per heavy atom. The number of rotatable bonds is 4. The van der Waals surface area contributed by atoms with Gasteiger partial charge in [-0.05, 0) is 36.4 Å². The lowest BCUT2D eigenvalue weighted by molar-refractivity contribution is -0.111. The molecule has 1 amide bonds. The Morgan fingerprint density at radius 1 is 1.19 bits per heavy atom. The average Bonchev–Trinajstić information content (AvgIpc) is 3.19. The standard InChI is InChI=1S/C15H11N3O3/c19-14(7-6-13-5-2-8-20-13)17-12-4-1-3-11(9-12)15-18-16-10-21-15/h1-10H,(H,17,19)/b7-6+. The van der Waals surface area contributed by atoms with Crippen LogP contribution in [0.4, 0.5) is 5.69 Å². The number of hydrogen-bond donors (Lipinski definition) is 1. The number of amides is 1. The fourth-order valence-electron chi connectivity index (χ4n) is 1.76. The van der Waals surface area contributed by atoms with E-state index in [4.69, 9.17) is 8.83 Å². The third kappa shape index (κ3) is 3.24. The summed E-state index contributed by atoms with van der Waals surface area (Å²) in [6.07, 6.45) is 5.80. The molecule has 0 fully saturated rings. The highest BCUT2D eigenvalue weighted by atomic mass is 16.4. The third-order valence-corrected chi connectivity index (χ3v) is 2.68. The molecule has 104 valence electrons. The fraction of sp³-hybridized carbons (Fsp3) is 0. The first-order valence-corrected chi connectivity index (χ1v) is 6.20. The van der Waals surface area contributed by atoms with Gasteiger partial charge in [0.1, 0.15) is 5.76 Å². The molecule has 2 aromatic heterocycles. The lowest BCUT2D eigenvalue weighted by atomic mass is 10.2. The van der Waals surface area contributed by atoms with E-state index in [2.05, 4.69) is 15.5 Å². The highest BCUT2D eigenvalue weighted by Gasteiger charge is 2.05. The second-order valence-corrected chi connectivity index (χ2v) is 4.16.